The molecule has 0 spiro atoms. The SMILES string of the molecule is O=[N+]([O-])c1cc(C(F)(F)F)cc([N+](=O)[O-])c1Oc1c(Cl)cc(Cl)cc1/C=N\OCc1ccccc1. The Hall–Kier alpha value is -3.90. The zero-order chi connectivity index (χ0) is 25.8. The molecule has 0 N–H and O–H groups in total. The van der Waals surface area contributed by atoms with Crippen LogP contribution in [0.3, 0.4) is 0 Å². The predicted molar refractivity (Wildman–Crippen MR) is 120 cm³/mol. The van der Waals surface area contributed by atoms with E-state index in [9.17, 15) is 33.4 Å². The highest BCUT2D eigenvalue weighted by molar-refractivity contribution is 6.36. The third-order valence-electron chi connectivity index (χ3n) is 4.35. The fourth-order valence-electron chi connectivity index (χ4n) is 2.80. The molecule has 14 heteroatoms. The molecule has 0 aliphatic rings. The molecular weight excluding hydrogens is 518 g/mol. The minimum Gasteiger partial charge on any atom is -0.442 e. The van der Waals surface area contributed by atoms with Crippen molar-refractivity contribution in [2.45, 2.75) is 12.8 Å². The molecule has 3 aromatic rings. The van der Waals surface area contributed by atoms with Crippen LogP contribution in [0.4, 0.5) is 24.5 Å². The molecule has 0 aromatic heterocycles. The average molecular weight is 530 g/mol. The number of nitro groups is 2. The van der Waals surface area contributed by atoms with Crippen LogP contribution in [-0.2, 0) is 17.6 Å². The molecule has 3 rings (SSSR count). The van der Waals surface area contributed by atoms with Crippen LogP contribution in [0.5, 0.6) is 11.5 Å². The van der Waals surface area contributed by atoms with E-state index in [0.717, 1.165) is 11.8 Å². The van der Waals surface area contributed by atoms with Gasteiger partial charge in [-0.3, -0.25) is 20.2 Å². The first-order chi connectivity index (χ1) is 16.5. The van der Waals surface area contributed by atoms with Gasteiger partial charge in [-0.05, 0) is 17.7 Å². The summed E-state index contributed by atoms with van der Waals surface area (Å²) in [6, 6.07) is 11.6. The Morgan fingerprint density at radius 2 is 1.54 bits per heavy atom. The van der Waals surface area contributed by atoms with Crippen molar-refractivity contribution >= 4 is 40.8 Å². The highest BCUT2D eigenvalue weighted by Crippen LogP contribution is 2.46. The summed E-state index contributed by atoms with van der Waals surface area (Å²) in [5, 5.41) is 26.5. The lowest BCUT2D eigenvalue weighted by Crippen LogP contribution is -2.08. The van der Waals surface area contributed by atoms with Crippen molar-refractivity contribution in [3.63, 3.8) is 0 Å². The molecule has 182 valence electrons. The molecule has 0 radical (unpaired) electrons. The van der Waals surface area contributed by atoms with Crippen molar-refractivity contribution in [3.05, 3.63) is 102 Å². The first-order valence-electron chi connectivity index (χ1n) is 9.37. The van der Waals surface area contributed by atoms with E-state index in [1.54, 1.807) is 24.3 Å². The zero-order valence-electron chi connectivity index (χ0n) is 17.2. The molecule has 0 heterocycles. The number of rotatable bonds is 8. The third-order valence-corrected chi connectivity index (χ3v) is 4.85. The minimum absolute atomic E-state index is 0.0148. The second-order valence-corrected chi connectivity index (χ2v) is 7.60. The second-order valence-electron chi connectivity index (χ2n) is 6.76. The maximum absolute atomic E-state index is 13.1. The van der Waals surface area contributed by atoms with Crippen LogP contribution in [-0.4, -0.2) is 16.1 Å². The minimum atomic E-state index is -5.08. The van der Waals surface area contributed by atoms with Crippen molar-refractivity contribution in [1.82, 2.24) is 0 Å². The summed E-state index contributed by atoms with van der Waals surface area (Å²) in [5.74, 6) is -1.44. The van der Waals surface area contributed by atoms with Crippen molar-refractivity contribution < 1.29 is 32.6 Å². The summed E-state index contributed by atoms with van der Waals surface area (Å²) < 4.78 is 44.8. The van der Waals surface area contributed by atoms with Gasteiger partial charge in [-0.25, -0.2) is 0 Å². The number of benzene rings is 3. The molecular formula is C21H12Cl2F3N3O6. The van der Waals surface area contributed by atoms with E-state index < -0.39 is 38.7 Å². The van der Waals surface area contributed by atoms with Crippen molar-refractivity contribution in [2.75, 3.05) is 0 Å². The standard InChI is InChI=1S/C21H12Cl2F3N3O6/c22-15-6-13(10-27-34-11-12-4-2-1-3-5-12)19(16(23)9-15)35-20-17(28(30)31)7-14(21(24,25)26)8-18(20)29(32)33/h1-10H,11H2/b27-10-. The van der Waals surface area contributed by atoms with Crippen LogP contribution in [0.25, 0.3) is 0 Å². The normalized spacial score (nSPS) is 11.5. The molecule has 9 nitrogen and oxygen atoms in total. The van der Waals surface area contributed by atoms with Gasteiger partial charge < -0.3 is 9.57 Å². The first-order valence-corrected chi connectivity index (χ1v) is 10.1. The predicted octanol–water partition coefficient (Wildman–Crippen LogP) is 7.17. The number of nitro benzene ring substituents is 2. The molecule has 3 aromatic carbocycles. The number of nitrogens with zero attached hydrogens (tertiary/aromatic N) is 3. The van der Waals surface area contributed by atoms with Gasteiger partial charge >= 0.3 is 17.6 Å². The van der Waals surface area contributed by atoms with E-state index in [1.165, 1.54) is 12.1 Å². The van der Waals surface area contributed by atoms with Gasteiger partial charge in [0.1, 0.15) is 6.61 Å². The summed E-state index contributed by atoms with van der Waals surface area (Å²) in [7, 11) is 0. The van der Waals surface area contributed by atoms with Gasteiger partial charge in [0.15, 0.2) is 5.75 Å². The van der Waals surface area contributed by atoms with E-state index >= 15 is 0 Å². The van der Waals surface area contributed by atoms with Gasteiger partial charge in [0.25, 0.3) is 5.75 Å². The molecule has 35 heavy (non-hydrogen) atoms. The van der Waals surface area contributed by atoms with Crippen LogP contribution >= 0.6 is 23.2 Å². The number of ether oxygens (including phenoxy) is 1. The fraction of sp³-hybridized carbons (Fsp3) is 0.0952. The van der Waals surface area contributed by atoms with Crippen LogP contribution in [0.15, 0.2) is 59.8 Å². The summed E-state index contributed by atoms with van der Waals surface area (Å²) in [6.07, 6.45) is -4.00. The molecule has 0 aliphatic heterocycles. The zero-order valence-corrected chi connectivity index (χ0v) is 18.7. The van der Waals surface area contributed by atoms with E-state index in [1.807, 2.05) is 6.07 Å². The number of hydrogen-bond acceptors (Lipinski definition) is 7. The van der Waals surface area contributed by atoms with Gasteiger partial charge in [-0.1, -0.05) is 58.7 Å². The first kappa shape index (κ1) is 25.7. The molecule has 0 aliphatic carbocycles. The topological polar surface area (TPSA) is 117 Å². The van der Waals surface area contributed by atoms with Crippen LogP contribution in [0.2, 0.25) is 10.0 Å². The smallest absolute Gasteiger partial charge is 0.416 e. The van der Waals surface area contributed by atoms with Gasteiger partial charge in [-0.15, -0.1) is 0 Å². The lowest BCUT2D eigenvalue weighted by atomic mass is 10.1. The van der Waals surface area contributed by atoms with E-state index in [4.69, 9.17) is 32.8 Å². The fourth-order valence-corrected chi connectivity index (χ4v) is 3.35. The monoisotopic (exact) mass is 529 g/mol. The van der Waals surface area contributed by atoms with Gasteiger partial charge in [0, 0.05) is 22.7 Å². The van der Waals surface area contributed by atoms with Crippen LogP contribution < -0.4 is 4.74 Å². The van der Waals surface area contributed by atoms with Gasteiger partial charge in [-0.2, -0.15) is 13.2 Å². The quantitative estimate of drug-likeness (QED) is 0.173. The molecule has 0 bridgehead atoms. The molecule has 0 atom stereocenters. The lowest BCUT2D eigenvalue weighted by Gasteiger charge is -2.13. The van der Waals surface area contributed by atoms with E-state index in [-0.39, 0.29) is 40.1 Å². The molecule has 0 amide bonds. The number of oxime groups is 1. The number of halogens is 5. The van der Waals surface area contributed by atoms with Crippen molar-refractivity contribution in [2.24, 2.45) is 5.16 Å². The lowest BCUT2D eigenvalue weighted by molar-refractivity contribution is -0.396. The summed E-state index contributed by atoms with van der Waals surface area (Å²) in [4.78, 5) is 25.6. The van der Waals surface area contributed by atoms with Gasteiger partial charge in [0.05, 0.1) is 26.6 Å². The Labute approximate surface area is 204 Å². The maximum Gasteiger partial charge on any atom is 0.416 e. The number of hydrogen-bond donors (Lipinski definition) is 0. The Morgan fingerprint density at radius 1 is 0.943 bits per heavy atom. The average Bonchev–Trinajstić information content (AvgIpc) is 2.78. The highest BCUT2D eigenvalue weighted by atomic mass is 35.5. The highest BCUT2D eigenvalue weighted by Gasteiger charge is 2.39. The summed E-state index contributed by atoms with van der Waals surface area (Å²) >= 11 is 12.1. The van der Waals surface area contributed by atoms with Crippen LogP contribution in [0, 0.1) is 20.2 Å². The molecule has 0 saturated carbocycles. The molecule has 0 fully saturated rings. The largest absolute Gasteiger partial charge is 0.442 e. The van der Waals surface area contributed by atoms with Crippen molar-refractivity contribution in [3.8, 4) is 11.5 Å². The third kappa shape index (κ3) is 6.37. The Balaban J connectivity index is 2.04. The Bertz CT molecular complexity index is 1270. The second kappa shape index (κ2) is 10.6. The van der Waals surface area contributed by atoms with E-state index in [2.05, 4.69) is 5.16 Å². The maximum atomic E-state index is 13.1. The van der Waals surface area contributed by atoms with Crippen LogP contribution in [0.1, 0.15) is 16.7 Å². The van der Waals surface area contributed by atoms with E-state index in [0.29, 0.717) is 0 Å². The van der Waals surface area contributed by atoms with Crippen molar-refractivity contribution in [1.29, 1.82) is 0 Å². The number of alkyl halides is 3. The summed E-state index contributed by atoms with van der Waals surface area (Å²) in [6.45, 7) is 0.0810. The molecule has 0 unspecified atom stereocenters. The Kier molecular flexibility index (Phi) is 7.77. The summed E-state index contributed by atoms with van der Waals surface area (Å²) in [5.41, 5.74) is -3.40. The Morgan fingerprint density at radius 3 is 2.09 bits per heavy atom. The van der Waals surface area contributed by atoms with Gasteiger partial charge in [0.2, 0.25) is 0 Å². The molecule has 0 saturated heterocycles.